The van der Waals surface area contributed by atoms with Gasteiger partial charge in [-0.1, -0.05) is 32.0 Å². The molecule has 26 heavy (non-hydrogen) atoms. The summed E-state index contributed by atoms with van der Waals surface area (Å²) in [7, 11) is 0. The first-order valence-electron chi connectivity index (χ1n) is 9.59. The maximum atomic E-state index is 13.5. The SMILES string of the molecule is CC(C)Cn1nc(C(=O)N2C3CCNCC2CC3)c2ccccc2c1=O. The molecule has 0 radical (unpaired) electrons. The van der Waals surface area contributed by atoms with Crippen molar-refractivity contribution in [1.29, 1.82) is 0 Å². The van der Waals surface area contributed by atoms with Crippen LogP contribution in [0.3, 0.4) is 0 Å². The quantitative estimate of drug-likeness (QED) is 0.916. The Morgan fingerprint density at radius 2 is 1.92 bits per heavy atom. The molecular formula is C20H26N4O2. The van der Waals surface area contributed by atoms with Crippen molar-refractivity contribution in [2.75, 3.05) is 13.1 Å². The predicted octanol–water partition coefficient (Wildman–Crippen LogP) is 2.02. The Balaban J connectivity index is 1.83. The van der Waals surface area contributed by atoms with E-state index < -0.39 is 0 Å². The number of hydrogen-bond acceptors (Lipinski definition) is 4. The van der Waals surface area contributed by atoms with Crippen LogP contribution in [0, 0.1) is 5.92 Å². The molecule has 4 rings (SSSR count). The highest BCUT2D eigenvalue weighted by Crippen LogP contribution is 2.30. The van der Waals surface area contributed by atoms with Gasteiger partial charge < -0.3 is 10.2 Å². The van der Waals surface area contributed by atoms with Gasteiger partial charge in [-0.2, -0.15) is 5.10 Å². The lowest BCUT2D eigenvalue weighted by atomic mass is 10.1. The summed E-state index contributed by atoms with van der Waals surface area (Å²) in [6.07, 6.45) is 3.07. The Kier molecular flexibility index (Phi) is 4.53. The molecule has 2 atom stereocenters. The van der Waals surface area contributed by atoms with Gasteiger partial charge in [0.1, 0.15) is 0 Å². The molecule has 2 bridgehead atoms. The van der Waals surface area contributed by atoms with E-state index in [0.29, 0.717) is 23.0 Å². The Hall–Kier alpha value is -2.21. The van der Waals surface area contributed by atoms with Crippen molar-refractivity contribution >= 4 is 16.7 Å². The highest BCUT2D eigenvalue weighted by atomic mass is 16.2. The summed E-state index contributed by atoms with van der Waals surface area (Å²) < 4.78 is 1.47. The zero-order valence-corrected chi connectivity index (χ0v) is 15.4. The van der Waals surface area contributed by atoms with Crippen molar-refractivity contribution in [1.82, 2.24) is 20.0 Å². The lowest BCUT2D eigenvalue weighted by molar-refractivity contribution is 0.0673. The molecule has 2 fully saturated rings. The van der Waals surface area contributed by atoms with E-state index in [1.54, 1.807) is 6.07 Å². The molecule has 3 heterocycles. The average Bonchev–Trinajstić information content (AvgIpc) is 2.89. The maximum absolute atomic E-state index is 13.5. The van der Waals surface area contributed by atoms with Gasteiger partial charge in [0.15, 0.2) is 5.69 Å². The summed E-state index contributed by atoms with van der Waals surface area (Å²) in [4.78, 5) is 28.3. The van der Waals surface area contributed by atoms with Gasteiger partial charge in [0, 0.05) is 30.6 Å². The van der Waals surface area contributed by atoms with Crippen molar-refractivity contribution in [3.05, 3.63) is 40.3 Å². The van der Waals surface area contributed by atoms with Crippen LogP contribution in [0.25, 0.3) is 10.8 Å². The van der Waals surface area contributed by atoms with Crippen LogP contribution in [0.4, 0.5) is 0 Å². The molecule has 0 aliphatic carbocycles. The smallest absolute Gasteiger partial charge is 0.275 e. The molecule has 0 spiro atoms. The fourth-order valence-corrected chi connectivity index (χ4v) is 4.30. The average molecular weight is 354 g/mol. The van der Waals surface area contributed by atoms with Crippen LogP contribution in [0.2, 0.25) is 0 Å². The van der Waals surface area contributed by atoms with Gasteiger partial charge in [-0.3, -0.25) is 9.59 Å². The van der Waals surface area contributed by atoms with Gasteiger partial charge in [0.2, 0.25) is 0 Å². The van der Waals surface area contributed by atoms with E-state index in [4.69, 9.17) is 0 Å². The van der Waals surface area contributed by atoms with Crippen LogP contribution in [0.1, 0.15) is 43.6 Å². The van der Waals surface area contributed by atoms with E-state index in [1.807, 2.05) is 36.9 Å². The molecule has 2 unspecified atom stereocenters. The standard InChI is InChI=1S/C20H26N4O2/c1-13(2)12-23-19(25)17-6-4-3-5-16(17)18(22-23)20(26)24-14-7-8-15(24)11-21-10-9-14/h3-6,13-15,21H,7-12H2,1-2H3. The summed E-state index contributed by atoms with van der Waals surface area (Å²) >= 11 is 0. The number of nitrogens with zero attached hydrogens (tertiary/aromatic N) is 3. The van der Waals surface area contributed by atoms with E-state index >= 15 is 0 Å². The van der Waals surface area contributed by atoms with Gasteiger partial charge in [0.25, 0.3) is 11.5 Å². The zero-order valence-electron chi connectivity index (χ0n) is 15.4. The predicted molar refractivity (Wildman–Crippen MR) is 101 cm³/mol. The lowest BCUT2D eigenvalue weighted by Gasteiger charge is -2.28. The lowest BCUT2D eigenvalue weighted by Crippen LogP contribution is -2.43. The second-order valence-corrected chi connectivity index (χ2v) is 7.87. The Labute approximate surface area is 153 Å². The first-order valence-corrected chi connectivity index (χ1v) is 9.59. The van der Waals surface area contributed by atoms with Gasteiger partial charge in [-0.25, -0.2) is 4.68 Å². The molecule has 0 saturated carbocycles. The molecule has 1 N–H and O–H groups in total. The van der Waals surface area contributed by atoms with E-state index in [2.05, 4.69) is 10.4 Å². The van der Waals surface area contributed by atoms with Crippen LogP contribution in [-0.2, 0) is 6.54 Å². The van der Waals surface area contributed by atoms with Crippen molar-refractivity contribution in [3.63, 3.8) is 0 Å². The minimum atomic E-state index is -0.119. The summed E-state index contributed by atoms with van der Waals surface area (Å²) in [6.45, 7) is 6.40. The first-order chi connectivity index (χ1) is 12.6. The molecule has 2 aliphatic rings. The first kappa shape index (κ1) is 17.2. The minimum absolute atomic E-state index is 0.0325. The van der Waals surface area contributed by atoms with Crippen molar-refractivity contribution in [2.24, 2.45) is 5.92 Å². The third-order valence-corrected chi connectivity index (χ3v) is 5.50. The molecule has 2 aromatic rings. The summed E-state index contributed by atoms with van der Waals surface area (Å²) in [5.41, 5.74) is 0.297. The second kappa shape index (κ2) is 6.83. The van der Waals surface area contributed by atoms with Crippen LogP contribution in [0.15, 0.2) is 29.1 Å². The molecule has 138 valence electrons. The topological polar surface area (TPSA) is 67.2 Å². The number of fused-ring (bicyclic) bond motifs is 3. The number of hydrogen-bond donors (Lipinski definition) is 1. The van der Waals surface area contributed by atoms with Gasteiger partial charge in [0.05, 0.1) is 5.39 Å². The molecule has 6 heteroatoms. The number of rotatable bonds is 3. The third kappa shape index (κ3) is 2.92. The molecule has 1 aromatic heterocycles. The fraction of sp³-hybridized carbons (Fsp3) is 0.550. The number of amides is 1. The Morgan fingerprint density at radius 1 is 1.19 bits per heavy atom. The van der Waals surface area contributed by atoms with Crippen molar-refractivity contribution in [2.45, 2.75) is 51.7 Å². The summed E-state index contributed by atoms with van der Waals surface area (Å²) in [5.74, 6) is 0.248. The molecule has 2 aliphatic heterocycles. The maximum Gasteiger partial charge on any atom is 0.275 e. The Bertz CT molecular complexity index is 875. The highest BCUT2D eigenvalue weighted by molar-refractivity contribution is 6.05. The number of carbonyl (C=O) groups excluding carboxylic acids is 1. The summed E-state index contributed by atoms with van der Waals surface area (Å²) in [5, 5.41) is 9.21. The largest absolute Gasteiger partial charge is 0.330 e. The fourth-order valence-electron chi connectivity index (χ4n) is 4.30. The van der Waals surface area contributed by atoms with Crippen molar-refractivity contribution < 1.29 is 4.79 Å². The van der Waals surface area contributed by atoms with Gasteiger partial charge in [-0.15, -0.1) is 0 Å². The van der Waals surface area contributed by atoms with Crippen LogP contribution in [-0.4, -0.2) is 45.8 Å². The van der Waals surface area contributed by atoms with Crippen LogP contribution >= 0.6 is 0 Å². The number of benzene rings is 1. The minimum Gasteiger partial charge on any atom is -0.330 e. The monoisotopic (exact) mass is 354 g/mol. The van der Waals surface area contributed by atoms with Gasteiger partial charge in [-0.05, 0) is 37.8 Å². The Morgan fingerprint density at radius 3 is 2.69 bits per heavy atom. The summed E-state index contributed by atoms with van der Waals surface area (Å²) in [6, 6.07) is 7.85. The number of nitrogens with one attached hydrogen (secondary N) is 1. The number of aromatic nitrogens is 2. The second-order valence-electron chi connectivity index (χ2n) is 7.87. The van der Waals surface area contributed by atoms with Crippen LogP contribution < -0.4 is 10.9 Å². The molecule has 1 amide bonds. The molecule has 6 nitrogen and oxygen atoms in total. The van der Waals surface area contributed by atoms with Crippen molar-refractivity contribution in [3.8, 4) is 0 Å². The van der Waals surface area contributed by atoms with E-state index in [1.165, 1.54) is 4.68 Å². The zero-order chi connectivity index (χ0) is 18.3. The third-order valence-electron chi connectivity index (χ3n) is 5.50. The molecule has 2 saturated heterocycles. The normalized spacial score (nSPS) is 22.8. The van der Waals surface area contributed by atoms with Gasteiger partial charge >= 0.3 is 0 Å². The van der Waals surface area contributed by atoms with E-state index in [-0.39, 0.29) is 29.5 Å². The van der Waals surface area contributed by atoms with Crippen LogP contribution in [0.5, 0.6) is 0 Å². The molecular weight excluding hydrogens is 328 g/mol. The molecule has 1 aromatic carbocycles. The van der Waals surface area contributed by atoms with E-state index in [9.17, 15) is 9.59 Å². The highest BCUT2D eigenvalue weighted by Gasteiger charge is 2.39. The number of carbonyl (C=O) groups is 1. The van der Waals surface area contributed by atoms with E-state index in [0.717, 1.165) is 32.4 Å².